The van der Waals surface area contributed by atoms with Crippen molar-refractivity contribution in [2.75, 3.05) is 6.54 Å². The summed E-state index contributed by atoms with van der Waals surface area (Å²) >= 11 is 0. The smallest absolute Gasteiger partial charge is 0.0475 e. The summed E-state index contributed by atoms with van der Waals surface area (Å²) in [5.74, 6) is 2.08. The minimum absolute atomic E-state index is 0.516. The van der Waals surface area contributed by atoms with Crippen LogP contribution in [0.2, 0.25) is 0 Å². The van der Waals surface area contributed by atoms with E-state index in [1.54, 1.807) is 0 Å². The van der Waals surface area contributed by atoms with Gasteiger partial charge in [0.2, 0.25) is 0 Å². The fourth-order valence-electron chi connectivity index (χ4n) is 3.59. The van der Waals surface area contributed by atoms with E-state index < -0.39 is 0 Å². The average Bonchev–Trinajstić information content (AvgIpc) is 2.92. The summed E-state index contributed by atoms with van der Waals surface area (Å²) in [4.78, 5) is 2.56. The largest absolute Gasteiger partial charge is 0.371 e. The van der Waals surface area contributed by atoms with Crippen molar-refractivity contribution in [3.8, 4) is 0 Å². The molecular formula is C15H23N. The molecule has 0 aromatic rings. The molecule has 88 valence electrons. The van der Waals surface area contributed by atoms with Crippen molar-refractivity contribution in [3.05, 3.63) is 24.4 Å². The van der Waals surface area contributed by atoms with Gasteiger partial charge >= 0.3 is 0 Å². The first kappa shape index (κ1) is 10.4. The number of hydrogen-bond acceptors (Lipinski definition) is 1. The zero-order valence-electron chi connectivity index (χ0n) is 10.5. The van der Waals surface area contributed by atoms with Gasteiger partial charge in [-0.2, -0.15) is 0 Å². The molecule has 1 heteroatoms. The molecule has 0 bridgehead atoms. The summed E-state index contributed by atoms with van der Waals surface area (Å²) < 4.78 is 0. The maximum atomic E-state index is 2.56. The van der Waals surface area contributed by atoms with Gasteiger partial charge in [-0.15, -0.1) is 0 Å². The fraction of sp³-hybridized carbons (Fsp3) is 0.733. The molecule has 3 aliphatic rings. The van der Waals surface area contributed by atoms with Gasteiger partial charge in [-0.3, -0.25) is 0 Å². The van der Waals surface area contributed by atoms with Crippen LogP contribution in [-0.2, 0) is 0 Å². The van der Waals surface area contributed by atoms with E-state index in [1.807, 2.05) is 0 Å². The van der Waals surface area contributed by atoms with Crippen LogP contribution in [0.25, 0.3) is 0 Å². The number of fused-ring (bicyclic) bond motifs is 2. The summed E-state index contributed by atoms with van der Waals surface area (Å²) in [6.07, 6.45) is 14.8. The molecule has 0 spiro atoms. The van der Waals surface area contributed by atoms with Crippen LogP contribution in [0.3, 0.4) is 0 Å². The topological polar surface area (TPSA) is 3.24 Å². The summed E-state index contributed by atoms with van der Waals surface area (Å²) in [5, 5.41) is 0. The van der Waals surface area contributed by atoms with Gasteiger partial charge in [0.05, 0.1) is 0 Å². The molecular weight excluding hydrogens is 194 g/mol. The van der Waals surface area contributed by atoms with Crippen LogP contribution >= 0.6 is 0 Å². The van der Waals surface area contributed by atoms with E-state index in [-0.39, 0.29) is 0 Å². The van der Waals surface area contributed by atoms with Crippen molar-refractivity contribution in [2.24, 2.45) is 17.3 Å². The zero-order chi connectivity index (χ0) is 11.2. The maximum Gasteiger partial charge on any atom is 0.0475 e. The average molecular weight is 217 g/mol. The fourth-order valence-corrected chi connectivity index (χ4v) is 3.59. The highest BCUT2D eigenvalue weighted by Crippen LogP contribution is 2.50. The predicted molar refractivity (Wildman–Crippen MR) is 68.0 cm³/mol. The van der Waals surface area contributed by atoms with Gasteiger partial charge in [0, 0.05) is 12.6 Å². The van der Waals surface area contributed by atoms with Gasteiger partial charge in [0.15, 0.2) is 0 Å². The van der Waals surface area contributed by atoms with Gasteiger partial charge < -0.3 is 4.90 Å². The van der Waals surface area contributed by atoms with E-state index in [0.29, 0.717) is 11.5 Å². The standard InChI is InChI=1S/C15H23N/c1-15(2)10-13-9-12(13)6-8-16-7-4-3-5-14(16)11-15/h3-5,7,12-14H,6,8-11H2,1-2H3. The normalized spacial score (nSPS) is 40.4. The zero-order valence-corrected chi connectivity index (χ0v) is 10.5. The third-order valence-electron chi connectivity index (χ3n) is 4.55. The van der Waals surface area contributed by atoms with Crippen LogP contribution in [0.15, 0.2) is 24.4 Å². The lowest BCUT2D eigenvalue weighted by Crippen LogP contribution is -2.34. The van der Waals surface area contributed by atoms with Gasteiger partial charge in [-0.1, -0.05) is 26.0 Å². The van der Waals surface area contributed by atoms with Crippen molar-refractivity contribution in [3.63, 3.8) is 0 Å². The van der Waals surface area contributed by atoms with Gasteiger partial charge in [-0.05, 0) is 55.2 Å². The molecule has 0 radical (unpaired) electrons. The monoisotopic (exact) mass is 217 g/mol. The SMILES string of the molecule is CC1(C)CC2CC2CCN2C=CC=CC2C1. The molecule has 3 atom stereocenters. The summed E-state index contributed by atoms with van der Waals surface area (Å²) in [7, 11) is 0. The molecule has 1 saturated carbocycles. The molecule has 0 aromatic carbocycles. The van der Waals surface area contributed by atoms with Crippen LogP contribution in [0.1, 0.15) is 39.5 Å². The van der Waals surface area contributed by atoms with E-state index in [2.05, 4.69) is 43.2 Å². The van der Waals surface area contributed by atoms with E-state index in [4.69, 9.17) is 0 Å². The van der Waals surface area contributed by atoms with E-state index >= 15 is 0 Å². The molecule has 1 saturated heterocycles. The van der Waals surface area contributed by atoms with Crippen LogP contribution in [0.4, 0.5) is 0 Å². The van der Waals surface area contributed by atoms with Crippen LogP contribution < -0.4 is 0 Å². The lowest BCUT2D eigenvalue weighted by Gasteiger charge is -2.35. The summed E-state index contributed by atoms with van der Waals surface area (Å²) in [6, 6.07) is 0.650. The Morgan fingerprint density at radius 3 is 2.88 bits per heavy atom. The molecule has 1 nitrogen and oxygen atoms in total. The highest BCUT2D eigenvalue weighted by molar-refractivity contribution is 5.14. The van der Waals surface area contributed by atoms with Crippen molar-refractivity contribution in [2.45, 2.75) is 45.6 Å². The van der Waals surface area contributed by atoms with E-state index in [0.717, 1.165) is 11.8 Å². The lowest BCUT2D eigenvalue weighted by atomic mass is 9.80. The first-order valence-corrected chi connectivity index (χ1v) is 6.75. The van der Waals surface area contributed by atoms with Crippen molar-refractivity contribution in [1.29, 1.82) is 0 Å². The van der Waals surface area contributed by atoms with E-state index in [1.165, 1.54) is 32.2 Å². The third kappa shape index (κ3) is 2.05. The van der Waals surface area contributed by atoms with E-state index in [9.17, 15) is 0 Å². The quantitative estimate of drug-likeness (QED) is 0.599. The molecule has 2 aliphatic heterocycles. The van der Waals surface area contributed by atoms with Crippen molar-refractivity contribution in [1.82, 2.24) is 4.90 Å². The maximum absolute atomic E-state index is 2.56. The minimum Gasteiger partial charge on any atom is -0.371 e. The van der Waals surface area contributed by atoms with Crippen molar-refractivity contribution >= 4 is 0 Å². The third-order valence-corrected chi connectivity index (χ3v) is 4.55. The number of hydrogen-bond donors (Lipinski definition) is 0. The Morgan fingerprint density at radius 2 is 2.00 bits per heavy atom. The molecule has 0 amide bonds. The Bertz CT molecular complexity index is 326. The Morgan fingerprint density at radius 1 is 1.12 bits per heavy atom. The minimum atomic E-state index is 0.516. The van der Waals surface area contributed by atoms with Gasteiger partial charge in [0.25, 0.3) is 0 Å². The van der Waals surface area contributed by atoms with Crippen LogP contribution in [0, 0.1) is 17.3 Å². The number of allylic oxidation sites excluding steroid dienone is 2. The second kappa shape index (κ2) is 3.65. The van der Waals surface area contributed by atoms with Gasteiger partial charge in [-0.25, -0.2) is 0 Å². The molecule has 2 fully saturated rings. The van der Waals surface area contributed by atoms with Crippen molar-refractivity contribution < 1.29 is 0 Å². The Hall–Kier alpha value is -0.720. The predicted octanol–water partition coefficient (Wildman–Crippen LogP) is 3.59. The highest BCUT2D eigenvalue weighted by Gasteiger charge is 2.42. The molecule has 2 heterocycles. The second-order valence-corrected chi connectivity index (χ2v) is 6.65. The second-order valence-electron chi connectivity index (χ2n) is 6.65. The molecule has 16 heavy (non-hydrogen) atoms. The Labute approximate surface area is 99.2 Å². The highest BCUT2D eigenvalue weighted by atomic mass is 15.1. The number of rotatable bonds is 0. The summed E-state index contributed by atoms with van der Waals surface area (Å²) in [6.45, 7) is 6.18. The molecule has 1 aliphatic carbocycles. The number of nitrogens with zero attached hydrogens (tertiary/aromatic N) is 1. The molecule has 3 rings (SSSR count). The van der Waals surface area contributed by atoms with Crippen LogP contribution in [-0.4, -0.2) is 17.5 Å². The first-order chi connectivity index (χ1) is 7.64. The Balaban J connectivity index is 1.79. The van der Waals surface area contributed by atoms with Crippen LogP contribution in [0.5, 0.6) is 0 Å². The lowest BCUT2D eigenvalue weighted by molar-refractivity contribution is 0.210. The molecule has 0 N–H and O–H groups in total. The summed E-state index contributed by atoms with van der Waals surface area (Å²) in [5.41, 5.74) is 0.516. The first-order valence-electron chi connectivity index (χ1n) is 6.75. The molecule has 0 aromatic heterocycles. The molecule has 3 unspecified atom stereocenters. The Kier molecular flexibility index (Phi) is 2.38. The van der Waals surface area contributed by atoms with Gasteiger partial charge in [0.1, 0.15) is 0 Å².